The zero-order chi connectivity index (χ0) is 21.8. The van der Waals surface area contributed by atoms with E-state index in [1.165, 1.54) is 0 Å². The Hall–Kier alpha value is -3.70. The average Bonchev–Trinajstić information content (AvgIpc) is 2.77. The number of carbonyl (C=O) groups excluding carboxylic acids is 1. The van der Waals surface area contributed by atoms with Crippen molar-refractivity contribution >= 4 is 17.9 Å². The van der Waals surface area contributed by atoms with E-state index in [-0.39, 0.29) is 5.78 Å². The van der Waals surface area contributed by atoms with E-state index in [4.69, 9.17) is 0 Å². The van der Waals surface area contributed by atoms with E-state index in [0.29, 0.717) is 24.0 Å². The molecule has 1 fully saturated rings. The van der Waals surface area contributed by atoms with E-state index in [2.05, 4.69) is 18.2 Å². The number of nitrogens with zero attached hydrogens (tertiary/aromatic N) is 1. The zero-order valence-electron chi connectivity index (χ0n) is 17.9. The van der Waals surface area contributed by atoms with Crippen LogP contribution in [0.5, 0.6) is 0 Å². The number of aryl methyl sites for hydroxylation is 2. The lowest BCUT2D eigenvalue weighted by molar-refractivity contribution is -0.113. The second-order valence-electron chi connectivity index (χ2n) is 8.41. The van der Waals surface area contributed by atoms with Crippen molar-refractivity contribution in [2.75, 3.05) is 0 Å². The minimum Gasteiger partial charge on any atom is -0.289 e. The Morgan fingerprint density at radius 1 is 0.774 bits per heavy atom. The standard InChI is InChI=1S/C29H25NO/c1-21-8-6-10-23(14-21)16-25-18-29(20-30,27-12-4-3-5-13-27)19-26(28(25)31)17-24-11-7-9-22(2)15-24/h3-17H,18-19H2,1-2H3/b25-16-,26-17+. The van der Waals surface area contributed by atoms with E-state index in [1.807, 2.05) is 92.7 Å². The van der Waals surface area contributed by atoms with Crippen molar-refractivity contribution in [2.24, 2.45) is 0 Å². The molecule has 3 aromatic carbocycles. The van der Waals surface area contributed by atoms with Crippen LogP contribution in [0.3, 0.4) is 0 Å². The van der Waals surface area contributed by atoms with E-state index in [1.54, 1.807) is 0 Å². The number of hydrogen-bond donors (Lipinski definition) is 0. The fraction of sp³-hybridized carbons (Fsp3) is 0.172. The Morgan fingerprint density at radius 3 is 1.74 bits per heavy atom. The van der Waals surface area contributed by atoms with E-state index >= 15 is 0 Å². The van der Waals surface area contributed by atoms with Gasteiger partial charge in [0.05, 0.1) is 11.5 Å². The van der Waals surface area contributed by atoms with Gasteiger partial charge in [-0.05, 0) is 55.5 Å². The molecule has 1 unspecified atom stereocenters. The molecule has 4 rings (SSSR count). The largest absolute Gasteiger partial charge is 0.289 e. The third-order valence-corrected chi connectivity index (χ3v) is 5.87. The number of nitriles is 1. The van der Waals surface area contributed by atoms with Crippen LogP contribution in [0.15, 0.2) is 90.0 Å². The molecule has 0 amide bonds. The van der Waals surface area contributed by atoms with Gasteiger partial charge in [-0.25, -0.2) is 0 Å². The molecule has 0 N–H and O–H groups in total. The van der Waals surface area contributed by atoms with E-state index < -0.39 is 5.41 Å². The molecule has 0 spiro atoms. The summed E-state index contributed by atoms with van der Waals surface area (Å²) in [5, 5.41) is 10.3. The molecular weight excluding hydrogens is 378 g/mol. The van der Waals surface area contributed by atoms with E-state index in [9.17, 15) is 10.1 Å². The molecule has 0 aromatic heterocycles. The molecule has 1 atom stereocenters. The summed E-state index contributed by atoms with van der Waals surface area (Å²) >= 11 is 0. The van der Waals surface area contributed by atoms with Crippen LogP contribution in [0.2, 0.25) is 0 Å². The van der Waals surface area contributed by atoms with Crippen LogP contribution in [0, 0.1) is 25.2 Å². The number of allylic oxidation sites excluding steroid dienone is 2. The number of Topliss-reactive ketones (excluding diaryl/α,β-unsaturated/α-hetero) is 1. The lowest BCUT2D eigenvalue weighted by Crippen LogP contribution is -2.33. The van der Waals surface area contributed by atoms with Gasteiger partial charge in [0.15, 0.2) is 5.78 Å². The minimum atomic E-state index is -0.763. The molecule has 2 nitrogen and oxygen atoms in total. The summed E-state index contributed by atoms with van der Waals surface area (Å²) in [7, 11) is 0. The van der Waals surface area contributed by atoms with Crippen molar-refractivity contribution in [2.45, 2.75) is 32.1 Å². The molecule has 2 heteroatoms. The lowest BCUT2D eigenvalue weighted by atomic mass is 9.66. The number of rotatable bonds is 3. The van der Waals surface area contributed by atoms with Crippen LogP contribution < -0.4 is 0 Å². The normalized spacial score (nSPS) is 21.3. The fourth-order valence-corrected chi connectivity index (χ4v) is 4.34. The van der Waals surface area contributed by atoms with Crippen molar-refractivity contribution in [3.05, 3.63) is 118 Å². The van der Waals surface area contributed by atoms with Gasteiger partial charge in [-0.2, -0.15) is 5.26 Å². The van der Waals surface area contributed by atoms with Gasteiger partial charge < -0.3 is 0 Å². The summed E-state index contributed by atoms with van der Waals surface area (Å²) in [6, 6.07) is 28.6. The van der Waals surface area contributed by atoms with Crippen LogP contribution in [-0.4, -0.2) is 5.78 Å². The van der Waals surface area contributed by atoms with Gasteiger partial charge in [0, 0.05) is 11.1 Å². The van der Waals surface area contributed by atoms with Crippen LogP contribution in [0.1, 0.15) is 40.7 Å². The molecule has 1 aliphatic carbocycles. The molecule has 0 radical (unpaired) electrons. The van der Waals surface area contributed by atoms with Crippen LogP contribution >= 0.6 is 0 Å². The summed E-state index contributed by atoms with van der Waals surface area (Å²) in [6.07, 6.45) is 4.72. The second-order valence-corrected chi connectivity index (χ2v) is 8.41. The SMILES string of the molecule is Cc1cccc(/C=C2/CC(C#N)(c3ccccc3)C/C(=C\c3cccc(C)c3)C2=O)c1. The highest BCUT2D eigenvalue weighted by atomic mass is 16.1. The van der Waals surface area contributed by atoms with Crippen LogP contribution in [0.25, 0.3) is 12.2 Å². The first kappa shape index (κ1) is 20.6. The first-order chi connectivity index (χ1) is 15.0. The molecule has 0 bridgehead atoms. The quantitative estimate of drug-likeness (QED) is 0.463. The highest BCUT2D eigenvalue weighted by Crippen LogP contribution is 2.43. The Kier molecular flexibility index (Phi) is 5.69. The zero-order valence-corrected chi connectivity index (χ0v) is 17.9. The van der Waals surface area contributed by atoms with E-state index in [0.717, 1.165) is 27.8 Å². The minimum absolute atomic E-state index is 0.0322. The monoisotopic (exact) mass is 403 g/mol. The molecule has 1 aliphatic rings. The third-order valence-electron chi connectivity index (χ3n) is 5.87. The Morgan fingerprint density at radius 2 is 1.29 bits per heavy atom. The highest BCUT2D eigenvalue weighted by Gasteiger charge is 2.41. The van der Waals surface area contributed by atoms with Crippen molar-refractivity contribution in [1.82, 2.24) is 0 Å². The molecule has 0 saturated heterocycles. The summed E-state index contributed by atoms with van der Waals surface area (Å²) in [5.41, 5.74) is 5.81. The summed E-state index contributed by atoms with van der Waals surface area (Å²) < 4.78 is 0. The van der Waals surface area contributed by atoms with Gasteiger partial charge in [-0.3, -0.25) is 4.79 Å². The van der Waals surface area contributed by atoms with Gasteiger partial charge >= 0.3 is 0 Å². The first-order valence-electron chi connectivity index (χ1n) is 10.6. The number of benzene rings is 3. The molecule has 1 saturated carbocycles. The summed E-state index contributed by atoms with van der Waals surface area (Å²) in [6.45, 7) is 4.08. The molecule has 0 heterocycles. The maximum Gasteiger partial charge on any atom is 0.185 e. The highest BCUT2D eigenvalue weighted by molar-refractivity contribution is 6.14. The maximum absolute atomic E-state index is 13.5. The number of hydrogen-bond acceptors (Lipinski definition) is 2. The summed E-state index contributed by atoms with van der Waals surface area (Å²) in [5.74, 6) is 0.0322. The first-order valence-corrected chi connectivity index (χ1v) is 10.6. The molecule has 31 heavy (non-hydrogen) atoms. The molecule has 152 valence electrons. The number of carbonyl (C=O) groups is 1. The lowest BCUT2D eigenvalue weighted by Gasteiger charge is -2.33. The Labute approximate surface area is 184 Å². The van der Waals surface area contributed by atoms with Crippen LogP contribution in [0.4, 0.5) is 0 Å². The molecule has 0 aliphatic heterocycles. The maximum atomic E-state index is 13.5. The molecule has 3 aromatic rings. The fourth-order valence-electron chi connectivity index (χ4n) is 4.34. The van der Waals surface area contributed by atoms with Crippen molar-refractivity contribution in [3.8, 4) is 6.07 Å². The topological polar surface area (TPSA) is 40.9 Å². The summed E-state index contributed by atoms with van der Waals surface area (Å²) in [4.78, 5) is 13.5. The van der Waals surface area contributed by atoms with Gasteiger partial charge in [0.25, 0.3) is 0 Å². The second kappa shape index (κ2) is 8.58. The smallest absolute Gasteiger partial charge is 0.185 e. The van der Waals surface area contributed by atoms with Crippen molar-refractivity contribution in [1.29, 1.82) is 5.26 Å². The van der Waals surface area contributed by atoms with Gasteiger partial charge in [-0.1, -0.05) is 90.0 Å². The number of ketones is 1. The predicted molar refractivity (Wildman–Crippen MR) is 126 cm³/mol. The van der Waals surface area contributed by atoms with Gasteiger partial charge in [-0.15, -0.1) is 0 Å². The Bertz CT molecular complexity index is 1160. The van der Waals surface area contributed by atoms with Gasteiger partial charge in [0.1, 0.15) is 0 Å². The molecular formula is C29H25NO. The van der Waals surface area contributed by atoms with Crippen molar-refractivity contribution < 1.29 is 4.79 Å². The average molecular weight is 404 g/mol. The third kappa shape index (κ3) is 4.42. The predicted octanol–water partition coefficient (Wildman–Crippen LogP) is 6.59. The van der Waals surface area contributed by atoms with Crippen molar-refractivity contribution in [3.63, 3.8) is 0 Å². The van der Waals surface area contributed by atoms with Crippen LogP contribution in [-0.2, 0) is 10.2 Å². The Balaban J connectivity index is 1.86. The van der Waals surface area contributed by atoms with Gasteiger partial charge in [0.2, 0.25) is 0 Å².